The van der Waals surface area contributed by atoms with Crippen molar-refractivity contribution < 1.29 is 19.2 Å². The summed E-state index contributed by atoms with van der Waals surface area (Å²) in [5.74, 6) is -2.46. The van der Waals surface area contributed by atoms with Gasteiger partial charge in [0, 0.05) is 0 Å². The Morgan fingerprint density at radius 3 is 2.13 bits per heavy atom. The van der Waals surface area contributed by atoms with E-state index in [1.165, 1.54) is 0 Å². The normalized spacial score (nSPS) is 13.3. The molecule has 0 heterocycles. The van der Waals surface area contributed by atoms with Crippen LogP contribution in [-0.4, -0.2) is 49.2 Å². The quantitative estimate of drug-likeness (QED) is 0.364. The second-order valence-corrected chi connectivity index (χ2v) is 5.83. The third kappa shape index (κ3) is 8.29. The van der Waals surface area contributed by atoms with Gasteiger partial charge < -0.3 is 21.7 Å². The minimum atomic E-state index is -0.826. The summed E-state index contributed by atoms with van der Waals surface area (Å²) in [5.41, 5.74) is 5.23. The summed E-state index contributed by atoms with van der Waals surface area (Å²) in [6.07, 6.45) is 1.69. The van der Waals surface area contributed by atoms with Crippen molar-refractivity contribution >= 4 is 23.5 Å². The first-order chi connectivity index (χ1) is 10.7. The summed E-state index contributed by atoms with van der Waals surface area (Å²) < 4.78 is 0. The van der Waals surface area contributed by atoms with E-state index in [4.69, 9.17) is 5.73 Å². The molecule has 0 spiro atoms. The number of carbonyl (C=O) groups is 4. The largest absolute Gasteiger partial charge is 0.368 e. The zero-order valence-corrected chi connectivity index (χ0v) is 14.3. The molecule has 0 bridgehead atoms. The van der Waals surface area contributed by atoms with E-state index >= 15 is 0 Å². The van der Waals surface area contributed by atoms with E-state index in [0.717, 1.165) is 6.42 Å². The number of hydrogen-bond acceptors (Lipinski definition) is 5. The monoisotopic (exact) mass is 328 g/mol. The van der Waals surface area contributed by atoms with E-state index in [2.05, 4.69) is 16.0 Å². The maximum absolute atomic E-state index is 11.9. The van der Waals surface area contributed by atoms with Crippen molar-refractivity contribution in [2.45, 2.75) is 52.1 Å². The average molecular weight is 328 g/mol. The first kappa shape index (κ1) is 21.0. The van der Waals surface area contributed by atoms with Crippen LogP contribution in [0.1, 0.15) is 40.0 Å². The maximum Gasteiger partial charge on any atom is 0.289 e. The van der Waals surface area contributed by atoms with Gasteiger partial charge in [-0.1, -0.05) is 27.2 Å². The van der Waals surface area contributed by atoms with Gasteiger partial charge in [0.25, 0.3) is 5.91 Å². The molecule has 0 fully saturated rings. The molecule has 0 aliphatic rings. The number of hydrogen-bond donors (Lipinski definition) is 4. The zero-order chi connectivity index (χ0) is 18.0. The van der Waals surface area contributed by atoms with Crippen LogP contribution in [0, 0.1) is 5.92 Å². The minimum Gasteiger partial charge on any atom is -0.368 e. The summed E-state index contributed by atoms with van der Waals surface area (Å²) in [4.78, 5) is 46.7. The molecule has 23 heavy (non-hydrogen) atoms. The summed E-state index contributed by atoms with van der Waals surface area (Å²) in [5, 5.41) is 7.48. The molecule has 0 aromatic carbocycles. The highest BCUT2D eigenvalue weighted by molar-refractivity contribution is 6.38. The highest BCUT2D eigenvalue weighted by Crippen LogP contribution is 2.04. The number of nitrogens with two attached hydrogens (primary N) is 1. The molecule has 0 radical (unpaired) electrons. The van der Waals surface area contributed by atoms with Crippen LogP contribution in [0.2, 0.25) is 0 Å². The number of Topliss-reactive ketones (excluding diaryl/α,β-unsaturated/α-hetero) is 1. The lowest BCUT2D eigenvalue weighted by molar-refractivity contribution is -0.139. The van der Waals surface area contributed by atoms with Crippen LogP contribution in [0.4, 0.5) is 0 Å². The Kier molecular flexibility index (Phi) is 9.80. The van der Waals surface area contributed by atoms with Crippen LogP contribution >= 0.6 is 0 Å². The fourth-order valence-corrected chi connectivity index (χ4v) is 2.06. The molecule has 0 aromatic heterocycles. The lowest BCUT2D eigenvalue weighted by Crippen LogP contribution is -2.50. The Hall–Kier alpha value is -1.96. The highest BCUT2D eigenvalue weighted by atomic mass is 16.2. The first-order valence-corrected chi connectivity index (χ1v) is 7.80. The zero-order valence-electron chi connectivity index (χ0n) is 14.3. The van der Waals surface area contributed by atoms with E-state index in [-0.39, 0.29) is 12.5 Å². The molecule has 3 amide bonds. The highest BCUT2D eigenvalue weighted by Gasteiger charge is 2.24. The van der Waals surface area contributed by atoms with E-state index < -0.39 is 35.6 Å². The number of ketones is 1. The van der Waals surface area contributed by atoms with Gasteiger partial charge in [-0.3, -0.25) is 19.2 Å². The van der Waals surface area contributed by atoms with E-state index in [0.29, 0.717) is 12.8 Å². The van der Waals surface area contributed by atoms with Crippen LogP contribution < -0.4 is 21.7 Å². The minimum absolute atomic E-state index is 0.175. The number of likely N-dealkylation sites (N-methyl/N-ethyl adjacent to an activating group) is 1. The van der Waals surface area contributed by atoms with Crippen molar-refractivity contribution in [2.75, 3.05) is 13.6 Å². The Morgan fingerprint density at radius 1 is 1.09 bits per heavy atom. The average Bonchev–Trinajstić information content (AvgIpc) is 2.48. The first-order valence-electron chi connectivity index (χ1n) is 7.80. The molecule has 0 aliphatic heterocycles. The Labute approximate surface area is 136 Å². The third-order valence-corrected chi connectivity index (χ3v) is 3.26. The Bertz CT molecular complexity index is 437. The van der Waals surface area contributed by atoms with Gasteiger partial charge in [0.15, 0.2) is 0 Å². The summed E-state index contributed by atoms with van der Waals surface area (Å²) in [6.45, 7) is 5.32. The summed E-state index contributed by atoms with van der Waals surface area (Å²) in [7, 11) is 1.60. The Morgan fingerprint density at radius 2 is 1.70 bits per heavy atom. The van der Waals surface area contributed by atoms with Gasteiger partial charge in [-0.2, -0.15) is 0 Å². The van der Waals surface area contributed by atoms with Crippen molar-refractivity contribution in [3.8, 4) is 0 Å². The van der Waals surface area contributed by atoms with Gasteiger partial charge in [-0.25, -0.2) is 0 Å². The van der Waals surface area contributed by atoms with Gasteiger partial charge in [-0.05, 0) is 25.8 Å². The number of carbonyl (C=O) groups excluding carboxylic acids is 4. The molecule has 0 aliphatic carbocycles. The van der Waals surface area contributed by atoms with Crippen molar-refractivity contribution in [2.24, 2.45) is 11.7 Å². The molecule has 2 unspecified atom stereocenters. The van der Waals surface area contributed by atoms with Gasteiger partial charge in [0.05, 0.1) is 12.6 Å². The molecule has 0 rings (SSSR count). The van der Waals surface area contributed by atoms with Crippen molar-refractivity contribution in [1.29, 1.82) is 0 Å². The van der Waals surface area contributed by atoms with Gasteiger partial charge in [0.2, 0.25) is 17.6 Å². The van der Waals surface area contributed by atoms with Crippen LogP contribution in [0.3, 0.4) is 0 Å². The van der Waals surface area contributed by atoms with Crippen LogP contribution in [0.25, 0.3) is 0 Å². The number of nitrogens with one attached hydrogen (secondary N) is 3. The fourth-order valence-electron chi connectivity index (χ4n) is 2.06. The van der Waals surface area contributed by atoms with Gasteiger partial charge in [-0.15, -0.1) is 0 Å². The van der Waals surface area contributed by atoms with E-state index in [1.54, 1.807) is 7.05 Å². The molecular weight excluding hydrogens is 300 g/mol. The van der Waals surface area contributed by atoms with Gasteiger partial charge in [0.1, 0.15) is 6.04 Å². The molecule has 2 atom stereocenters. The third-order valence-electron chi connectivity index (χ3n) is 3.26. The second-order valence-electron chi connectivity index (χ2n) is 5.83. The molecule has 0 aromatic rings. The predicted molar refractivity (Wildman–Crippen MR) is 86.4 cm³/mol. The molecule has 8 nitrogen and oxygen atoms in total. The molecule has 0 saturated heterocycles. The number of amides is 3. The van der Waals surface area contributed by atoms with E-state index in [9.17, 15) is 19.2 Å². The standard InChI is InChI=1S/C15H28N4O4/c1-5-6-10(17-4)13(21)15(23)18-8-12(20)19-11(14(16)22)7-9(2)3/h9-11,17H,5-8H2,1-4H3,(H2,16,22)(H,18,23)(H,19,20). The smallest absolute Gasteiger partial charge is 0.289 e. The molecule has 8 heteroatoms. The van der Waals surface area contributed by atoms with Crippen molar-refractivity contribution in [3.05, 3.63) is 0 Å². The van der Waals surface area contributed by atoms with Crippen LogP contribution in [-0.2, 0) is 19.2 Å². The second kappa shape index (κ2) is 10.7. The molecule has 0 saturated carbocycles. The summed E-state index contributed by atoms with van der Waals surface area (Å²) in [6, 6.07) is -1.36. The Balaban J connectivity index is 4.43. The van der Waals surface area contributed by atoms with Crippen LogP contribution in [0.15, 0.2) is 0 Å². The number of primary amides is 1. The fraction of sp³-hybridized carbons (Fsp3) is 0.733. The topological polar surface area (TPSA) is 130 Å². The van der Waals surface area contributed by atoms with E-state index in [1.807, 2.05) is 20.8 Å². The van der Waals surface area contributed by atoms with Crippen LogP contribution in [0.5, 0.6) is 0 Å². The van der Waals surface area contributed by atoms with Crippen molar-refractivity contribution in [1.82, 2.24) is 16.0 Å². The lowest BCUT2D eigenvalue weighted by atomic mass is 10.0. The summed E-state index contributed by atoms with van der Waals surface area (Å²) >= 11 is 0. The molecular formula is C15H28N4O4. The SMILES string of the molecule is CCCC(NC)C(=O)C(=O)NCC(=O)NC(CC(C)C)C(N)=O. The molecule has 132 valence electrons. The van der Waals surface area contributed by atoms with Gasteiger partial charge >= 0.3 is 0 Å². The lowest BCUT2D eigenvalue weighted by Gasteiger charge is -2.18. The number of rotatable bonds is 11. The molecule has 5 N–H and O–H groups in total. The maximum atomic E-state index is 11.9. The van der Waals surface area contributed by atoms with Crippen molar-refractivity contribution in [3.63, 3.8) is 0 Å². The predicted octanol–water partition coefficient (Wildman–Crippen LogP) is -0.924.